The summed E-state index contributed by atoms with van der Waals surface area (Å²) in [5.74, 6) is -0.302. The quantitative estimate of drug-likeness (QED) is 0.570. The summed E-state index contributed by atoms with van der Waals surface area (Å²) in [7, 11) is 0. The molecule has 1 aromatic carbocycles. The molecule has 0 bridgehead atoms. The van der Waals surface area contributed by atoms with E-state index in [0.29, 0.717) is 19.5 Å². The lowest BCUT2D eigenvalue weighted by molar-refractivity contribution is -0.143. The van der Waals surface area contributed by atoms with E-state index in [1.165, 1.54) is 23.4 Å². The van der Waals surface area contributed by atoms with E-state index >= 15 is 0 Å². The van der Waals surface area contributed by atoms with Crippen LogP contribution in [0.4, 0.5) is 4.39 Å². The number of rotatable bonds is 8. The van der Waals surface area contributed by atoms with Crippen molar-refractivity contribution in [3.05, 3.63) is 57.5 Å². The lowest BCUT2D eigenvalue weighted by Crippen LogP contribution is -2.47. The number of benzene rings is 1. The predicted octanol–water partition coefficient (Wildman–Crippen LogP) is 5.30. The van der Waals surface area contributed by atoms with Crippen LogP contribution >= 0.6 is 11.3 Å². The first-order valence-electron chi connectivity index (χ1n) is 10.8. The van der Waals surface area contributed by atoms with E-state index in [-0.39, 0.29) is 30.2 Å². The van der Waals surface area contributed by atoms with Gasteiger partial charge >= 0.3 is 0 Å². The Bertz CT molecular complexity index is 843. The second kappa shape index (κ2) is 10.7. The molecule has 30 heavy (non-hydrogen) atoms. The summed E-state index contributed by atoms with van der Waals surface area (Å²) in [6.45, 7) is 4.91. The summed E-state index contributed by atoms with van der Waals surface area (Å²) < 4.78 is 13.3. The third-order valence-corrected chi connectivity index (χ3v) is 6.71. The van der Waals surface area contributed by atoms with Crippen molar-refractivity contribution in [2.45, 2.75) is 71.5 Å². The number of carbonyl (C=O) groups is 2. The van der Waals surface area contributed by atoms with Crippen LogP contribution < -0.4 is 0 Å². The molecule has 4 nitrogen and oxygen atoms in total. The van der Waals surface area contributed by atoms with Gasteiger partial charge < -0.3 is 9.80 Å². The van der Waals surface area contributed by atoms with Gasteiger partial charge in [0.2, 0.25) is 11.8 Å². The van der Waals surface area contributed by atoms with Gasteiger partial charge in [0.15, 0.2) is 0 Å². The van der Waals surface area contributed by atoms with E-state index in [9.17, 15) is 14.0 Å². The lowest BCUT2D eigenvalue weighted by atomic mass is 9.94. The van der Waals surface area contributed by atoms with E-state index in [2.05, 4.69) is 6.07 Å². The number of carbonyl (C=O) groups excluding carboxylic acids is 2. The van der Waals surface area contributed by atoms with Crippen LogP contribution in [-0.4, -0.2) is 34.2 Å². The van der Waals surface area contributed by atoms with Gasteiger partial charge in [0.1, 0.15) is 12.4 Å². The van der Waals surface area contributed by atoms with Crippen molar-refractivity contribution in [3.8, 4) is 0 Å². The molecule has 0 aliphatic heterocycles. The van der Waals surface area contributed by atoms with Gasteiger partial charge in [-0.3, -0.25) is 9.59 Å². The van der Waals surface area contributed by atoms with E-state index in [0.717, 1.165) is 36.1 Å². The molecule has 0 unspecified atom stereocenters. The molecule has 3 rings (SSSR count). The van der Waals surface area contributed by atoms with Crippen LogP contribution in [0.1, 0.15) is 60.8 Å². The molecule has 1 fully saturated rings. The zero-order chi connectivity index (χ0) is 21.5. The van der Waals surface area contributed by atoms with Crippen LogP contribution in [0.5, 0.6) is 0 Å². The molecule has 0 N–H and O–H groups in total. The Morgan fingerprint density at radius 1 is 1.00 bits per heavy atom. The average Bonchev–Trinajstić information content (AvgIpc) is 3.17. The summed E-state index contributed by atoms with van der Waals surface area (Å²) in [6, 6.07) is 10.5. The maximum atomic E-state index is 13.4. The van der Waals surface area contributed by atoms with E-state index in [1.54, 1.807) is 33.3 Å². The van der Waals surface area contributed by atoms with Gasteiger partial charge in [-0.15, -0.1) is 11.3 Å². The average molecular weight is 431 g/mol. The monoisotopic (exact) mass is 430 g/mol. The van der Waals surface area contributed by atoms with Crippen molar-refractivity contribution in [1.82, 2.24) is 9.80 Å². The standard InChI is InChI=1S/C24H31FN2O2S/c1-3-23(28)27(21-7-5-4-6-8-21)17-24(29)26(16-22-14-9-18(2)30-22)15-19-10-12-20(25)13-11-19/h9-14,21H,3-8,15-17H2,1-2H3. The maximum Gasteiger partial charge on any atom is 0.242 e. The molecule has 1 saturated carbocycles. The molecule has 0 atom stereocenters. The molecular weight excluding hydrogens is 399 g/mol. The van der Waals surface area contributed by atoms with Crippen molar-refractivity contribution in [2.75, 3.05) is 6.54 Å². The van der Waals surface area contributed by atoms with Crippen molar-refractivity contribution in [1.29, 1.82) is 0 Å². The summed E-state index contributed by atoms with van der Waals surface area (Å²) in [4.78, 5) is 31.9. The van der Waals surface area contributed by atoms with E-state index < -0.39 is 0 Å². The van der Waals surface area contributed by atoms with Crippen LogP contribution in [0.25, 0.3) is 0 Å². The normalized spacial score (nSPS) is 14.5. The van der Waals surface area contributed by atoms with Crippen LogP contribution in [0.2, 0.25) is 0 Å². The zero-order valence-electron chi connectivity index (χ0n) is 17.9. The van der Waals surface area contributed by atoms with Gasteiger partial charge in [-0.25, -0.2) is 4.39 Å². The number of hydrogen-bond acceptors (Lipinski definition) is 3. The fourth-order valence-corrected chi connectivity index (χ4v) is 4.97. The van der Waals surface area contributed by atoms with Gasteiger partial charge in [0, 0.05) is 28.8 Å². The molecule has 1 aliphatic rings. The minimum Gasteiger partial charge on any atom is -0.332 e. The molecule has 2 amide bonds. The molecule has 1 aromatic heterocycles. The summed E-state index contributed by atoms with van der Waals surface area (Å²) in [5.41, 5.74) is 0.879. The minimum atomic E-state index is -0.289. The SMILES string of the molecule is CCC(=O)N(CC(=O)N(Cc1ccc(F)cc1)Cc1ccc(C)s1)C1CCCCC1. The predicted molar refractivity (Wildman–Crippen MR) is 119 cm³/mol. The Morgan fingerprint density at radius 3 is 2.30 bits per heavy atom. The van der Waals surface area contributed by atoms with Crippen molar-refractivity contribution in [3.63, 3.8) is 0 Å². The molecule has 2 aromatic rings. The second-order valence-corrected chi connectivity index (χ2v) is 9.43. The van der Waals surface area contributed by atoms with Crippen LogP contribution in [0.15, 0.2) is 36.4 Å². The number of thiophene rings is 1. The van der Waals surface area contributed by atoms with Gasteiger partial charge in [-0.05, 0) is 49.6 Å². The molecule has 0 spiro atoms. The fraction of sp³-hybridized carbons (Fsp3) is 0.500. The smallest absolute Gasteiger partial charge is 0.242 e. The van der Waals surface area contributed by atoms with Crippen molar-refractivity contribution < 1.29 is 14.0 Å². The van der Waals surface area contributed by atoms with Crippen molar-refractivity contribution in [2.24, 2.45) is 0 Å². The third-order valence-electron chi connectivity index (χ3n) is 5.73. The molecule has 1 aliphatic carbocycles. The first-order chi connectivity index (χ1) is 14.5. The summed E-state index contributed by atoms with van der Waals surface area (Å²) >= 11 is 1.67. The Labute approximate surface area is 182 Å². The first-order valence-corrected chi connectivity index (χ1v) is 11.6. The molecule has 162 valence electrons. The van der Waals surface area contributed by atoms with Gasteiger partial charge in [-0.1, -0.05) is 38.3 Å². The highest BCUT2D eigenvalue weighted by atomic mass is 32.1. The first kappa shape index (κ1) is 22.5. The largest absolute Gasteiger partial charge is 0.332 e. The van der Waals surface area contributed by atoms with Gasteiger partial charge in [-0.2, -0.15) is 0 Å². The number of aryl methyl sites for hydroxylation is 1. The highest BCUT2D eigenvalue weighted by Crippen LogP contribution is 2.24. The Kier molecular flexibility index (Phi) is 8.02. The third kappa shape index (κ3) is 6.14. The fourth-order valence-electron chi connectivity index (χ4n) is 4.06. The zero-order valence-corrected chi connectivity index (χ0v) is 18.7. The van der Waals surface area contributed by atoms with Crippen molar-refractivity contribution >= 4 is 23.2 Å². The van der Waals surface area contributed by atoms with Gasteiger partial charge in [0.25, 0.3) is 0 Å². The number of halogens is 1. The molecular formula is C24H31FN2O2S. The highest BCUT2D eigenvalue weighted by Gasteiger charge is 2.28. The molecule has 0 saturated heterocycles. The van der Waals surface area contributed by atoms with E-state index in [4.69, 9.17) is 0 Å². The number of hydrogen-bond donors (Lipinski definition) is 0. The van der Waals surface area contributed by atoms with Crippen LogP contribution in [0, 0.1) is 12.7 Å². The topological polar surface area (TPSA) is 40.6 Å². The summed E-state index contributed by atoms with van der Waals surface area (Å²) in [6.07, 6.45) is 5.78. The number of amides is 2. The number of nitrogens with zero attached hydrogens (tertiary/aromatic N) is 2. The minimum absolute atomic E-state index is 0.0453. The molecule has 6 heteroatoms. The molecule has 0 radical (unpaired) electrons. The Hall–Kier alpha value is -2.21. The van der Waals surface area contributed by atoms with Crippen LogP contribution in [-0.2, 0) is 22.7 Å². The highest BCUT2D eigenvalue weighted by molar-refractivity contribution is 7.11. The summed E-state index contributed by atoms with van der Waals surface area (Å²) in [5, 5.41) is 0. The lowest BCUT2D eigenvalue weighted by Gasteiger charge is -2.35. The van der Waals surface area contributed by atoms with E-state index in [1.807, 2.05) is 19.9 Å². The second-order valence-electron chi connectivity index (χ2n) is 8.06. The Balaban J connectivity index is 1.77. The Morgan fingerprint density at radius 2 is 1.70 bits per heavy atom. The van der Waals surface area contributed by atoms with Gasteiger partial charge in [0.05, 0.1) is 6.54 Å². The maximum absolute atomic E-state index is 13.4. The van der Waals surface area contributed by atoms with Crippen LogP contribution in [0.3, 0.4) is 0 Å². The molecule has 1 heterocycles.